The molecule has 1 aromatic rings. The molecule has 1 amide bonds. The average Bonchev–Trinajstić information content (AvgIpc) is 2.74. The third-order valence-electron chi connectivity index (χ3n) is 3.58. The van der Waals surface area contributed by atoms with Crippen LogP contribution in [-0.2, 0) is 0 Å². The van der Waals surface area contributed by atoms with Crippen molar-refractivity contribution in [3.05, 3.63) is 35.4 Å². The Bertz CT molecular complexity index is 453. The Morgan fingerprint density at radius 2 is 1.78 bits per heavy atom. The zero-order valence-electron chi connectivity index (χ0n) is 9.45. The van der Waals surface area contributed by atoms with Gasteiger partial charge in [-0.2, -0.15) is 0 Å². The summed E-state index contributed by atoms with van der Waals surface area (Å²) in [5.41, 5.74) is -0.481. The van der Waals surface area contributed by atoms with Crippen LogP contribution in [0.4, 0.5) is 8.78 Å². The second kappa shape index (κ2) is 4.82. The van der Waals surface area contributed by atoms with Gasteiger partial charge in [0.25, 0.3) is 5.91 Å². The normalized spacial score (nSPS) is 28.2. The Labute approximate surface area is 109 Å². The van der Waals surface area contributed by atoms with Crippen LogP contribution >= 0.6 is 12.4 Å². The maximum absolute atomic E-state index is 13.3. The van der Waals surface area contributed by atoms with Crippen LogP contribution in [0.2, 0.25) is 0 Å². The Kier molecular flexibility index (Phi) is 3.54. The first kappa shape index (κ1) is 13.2. The van der Waals surface area contributed by atoms with Crippen molar-refractivity contribution in [2.45, 2.75) is 6.04 Å². The molecule has 0 spiro atoms. The maximum atomic E-state index is 13.3. The van der Waals surface area contributed by atoms with E-state index < -0.39 is 23.1 Å². The second-order valence-corrected chi connectivity index (χ2v) is 4.58. The third kappa shape index (κ3) is 2.08. The molecule has 1 heterocycles. The zero-order chi connectivity index (χ0) is 12.0. The number of piperidine rings is 1. The SMILES string of the molecule is Cl.O=C(NC1C2CNCC21)c1c(F)cccc1F. The van der Waals surface area contributed by atoms with Gasteiger partial charge in [0.1, 0.15) is 17.2 Å². The third-order valence-corrected chi connectivity index (χ3v) is 3.58. The van der Waals surface area contributed by atoms with Crippen LogP contribution < -0.4 is 10.6 Å². The van der Waals surface area contributed by atoms with Crippen LogP contribution in [0, 0.1) is 23.5 Å². The highest BCUT2D eigenvalue weighted by Crippen LogP contribution is 2.41. The van der Waals surface area contributed by atoms with Gasteiger partial charge in [0, 0.05) is 19.1 Å². The van der Waals surface area contributed by atoms with Crippen molar-refractivity contribution < 1.29 is 13.6 Å². The number of benzene rings is 1. The molecule has 1 aliphatic heterocycles. The summed E-state index contributed by atoms with van der Waals surface area (Å²) in [7, 11) is 0. The van der Waals surface area contributed by atoms with Crippen molar-refractivity contribution in [3.8, 4) is 0 Å². The topological polar surface area (TPSA) is 41.1 Å². The van der Waals surface area contributed by atoms with Crippen molar-refractivity contribution in [3.63, 3.8) is 0 Å². The Balaban J connectivity index is 0.00000120. The molecule has 1 aromatic carbocycles. The molecule has 1 saturated carbocycles. The van der Waals surface area contributed by atoms with Gasteiger partial charge in [-0.05, 0) is 24.0 Å². The molecule has 1 aliphatic carbocycles. The fraction of sp³-hybridized carbons (Fsp3) is 0.417. The molecule has 0 radical (unpaired) electrons. The van der Waals surface area contributed by atoms with Crippen LogP contribution in [0.25, 0.3) is 0 Å². The number of amides is 1. The summed E-state index contributed by atoms with van der Waals surface area (Å²) >= 11 is 0. The van der Waals surface area contributed by atoms with Crippen molar-refractivity contribution in [2.24, 2.45) is 11.8 Å². The van der Waals surface area contributed by atoms with Crippen LogP contribution in [0.15, 0.2) is 18.2 Å². The molecular formula is C12H13ClF2N2O. The van der Waals surface area contributed by atoms with Crippen LogP contribution in [0.3, 0.4) is 0 Å². The lowest BCUT2D eigenvalue weighted by Crippen LogP contribution is -2.33. The van der Waals surface area contributed by atoms with E-state index in [1.54, 1.807) is 0 Å². The van der Waals surface area contributed by atoms with Gasteiger partial charge in [0.15, 0.2) is 0 Å². The average molecular weight is 275 g/mol. The lowest BCUT2D eigenvalue weighted by atomic mass is 10.2. The highest BCUT2D eigenvalue weighted by atomic mass is 35.5. The van der Waals surface area contributed by atoms with Gasteiger partial charge >= 0.3 is 0 Å². The zero-order valence-corrected chi connectivity index (χ0v) is 10.3. The van der Waals surface area contributed by atoms with Crippen molar-refractivity contribution in [1.82, 2.24) is 10.6 Å². The number of nitrogens with one attached hydrogen (secondary N) is 2. The number of carbonyl (C=O) groups is 1. The highest BCUT2D eigenvalue weighted by Gasteiger charge is 2.53. The number of hydrogen-bond acceptors (Lipinski definition) is 2. The maximum Gasteiger partial charge on any atom is 0.257 e. The number of hydrogen-bond donors (Lipinski definition) is 2. The minimum absolute atomic E-state index is 0. The summed E-state index contributed by atoms with van der Waals surface area (Å²) in [5, 5.41) is 5.88. The predicted molar refractivity (Wildman–Crippen MR) is 64.7 cm³/mol. The van der Waals surface area contributed by atoms with E-state index in [0.717, 1.165) is 25.2 Å². The largest absolute Gasteiger partial charge is 0.348 e. The van der Waals surface area contributed by atoms with E-state index in [2.05, 4.69) is 10.6 Å². The van der Waals surface area contributed by atoms with E-state index >= 15 is 0 Å². The molecule has 2 unspecified atom stereocenters. The molecule has 18 heavy (non-hydrogen) atoms. The summed E-state index contributed by atoms with van der Waals surface area (Å²) < 4.78 is 26.7. The summed E-state index contributed by atoms with van der Waals surface area (Å²) in [4.78, 5) is 11.8. The highest BCUT2D eigenvalue weighted by molar-refractivity contribution is 5.95. The minimum Gasteiger partial charge on any atom is -0.348 e. The minimum atomic E-state index is -0.813. The van der Waals surface area contributed by atoms with Gasteiger partial charge in [-0.25, -0.2) is 8.78 Å². The first-order valence-corrected chi connectivity index (χ1v) is 5.64. The van der Waals surface area contributed by atoms with E-state index in [0.29, 0.717) is 11.8 Å². The molecule has 6 heteroatoms. The van der Waals surface area contributed by atoms with E-state index in [9.17, 15) is 13.6 Å². The summed E-state index contributed by atoms with van der Waals surface area (Å²) in [6, 6.07) is 3.50. The Morgan fingerprint density at radius 3 is 2.33 bits per heavy atom. The molecule has 1 saturated heterocycles. The van der Waals surface area contributed by atoms with Crippen molar-refractivity contribution >= 4 is 18.3 Å². The van der Waals surface area contributed by atoms with Gasteiger partial charge in [0.05, 0.1) is 0 Å². The first-order chi connectivity index (χ1) is 8.18. The number of rotatable bonds is 2. The molecule has 3 rings (SSSR count). The van der Waals surface area contributed by atoms with Crippen molar-refractivity contribution in [1.29, 1.82) is 0 Å². The van der Waals surface area contributed by atoms with Crippen LogP contribution in [0.5, 0.6) is 0 Å². The van der Waals surface area contributed by atoms with Gasteiger partial charge in [-0.3, -0.25) is 4.79 Å². The van der Waals surface area contributed by atoms with Gasteiger partial charge in [-0.1, -0.05) is 6.07 Å². The van der Waals surface area contributed by atoms with Crippen LogP contribution in [0.1, 0.15) is 10.4 Å². The molecule has 2 N–H and O–H groups in total. The van der Waals surface area contributed by atoms with E-state index in [-0.39, 0.29) is 18.4 Å². The summed E-state index contributed by atoms with van der Waals surface area (Å²) in [6.07, 6.45) is 0. The smallest absolute Gasteiger partial charge is 0.257 e. The summed E-state index contributed by atoms with van der Waals surface area (Å²) in [5.74, 6) is -1.43. The molecule has 2 fully saturated rings. The predicted octanol–water partition coefficient (Wildman–Crippen LogP) is 1.33. The quantitative estimate of drug-likeness (QED) is 0.854. The molecule has 0 bridgehead atoms. The molecule has 3 nitrogen and oxygen atoms in total. The molecule has 2 atom stereocenters. The number of fused-ring (bicyclic) bond motifs is 1. The number of carbonyl (C=O) groups excluding carboxylic acids is 1. The molecule has 98 valence electrons. The van der Waals surface area contributed by atoms with Gasteiger partial charge in [0.2, 0.25) is 0 Å². The fourth-order valence-electron chi connectivity index (χ4n) is 2.57. The lowest BCUT2D eigenvalue weighted by Gasteiger charge is -2.08. The molecule has 0 aromatic heterocycles. The van der Waals surface area contributed by atoms with Gasteiger partial charge < -0.3 is 10.6 Å². The summed E-state index contributed by atoms with van der Waals surface area (Å²) in [6.45, 7) is 1.74. The van der Waals surface area contributed by atoms with Crippen molar-refractivity contribution in [2.75, 3.05) is 13.1 Å². The second-order valence-electron chi connectivity index (χ2n) is 4.58. The lowest BCUT2D eigenvalue weighted by molar-refractivity contribution is 0.0938. The Morgan fingerprint density at radius 1 is 1.22 bits per heavy atom. The molecule has 2 aliphatic rings. The van der Waals surface area contributed by atoms with E-state index in [1.165, 1.54) is 6.07 Å². The van der Waals surface area contributed by atoms with E-state index in [4.69, 9.17) is 0 Å². The molecular weight excluding hydrogens is 262 g/mol. The number of halogens is 3. The van der Waals surface area contributed by atoms with E-state index in [1.807, 2.05) is 0 Å². The van der Waals surface area contributed by atoms with Crippen LogP contribution in [-0.4, -0.2) is 25.0 Å². The van der Waals surface area contributed by atoms with Gasteiger partial charge in [-0.15, -0.1) is 12.4 Å². The standard InChI is InChI=1S/C12H12F2N2O.ClH/c13-8-2-1-3-9(14)10(8)12(17)16-11-6-4-15-5-7(6)11;/h1-3,6-7,11,15H,4-5H2,(H,16,17);1H. The fourth-order valence-corrected chi connectivity index (χ4v) is 2.57. The Hall–Kier alpha value is -1.20. The first-order valence-electron chi connectivity index (χ1n) is 5.64. The monoisotopic (exact) mass is 274 g/mol.